The lowest BCUT2D eigenvalue weighted by molar-refractivity contribution is 0.103. The molecule has 0 saturated heterocycles. The normalized spacial score (nSPS) is 13.0. The Balaban J connectivity index is 0.0000000838. The summed E-state index contributed by atoms with van der Waals surface area (Å²) in [7, 11) is -3.40. The molecule has 0 spiro atoms. The lowest BCUT2D eigenvalue weighted by atomic mass is 9.76. The van der Waals surface area contributed by atoms with E-state index in [2.05, 4.69) is 199 Å². The highest BCUT2D eigenvalue weighted by Gasteiger charge is 2.36. The summed E-state index contributed by atoms with van der Waals surface area (Å²) in [6.07, 6.45) is 3.80. The fourth-order valence-corrected chi connectivity index (χ4v) is 23.2. The first-order valence-corrected chi connectivity index (χ1v) is 48.7. The molecule has 14 nitrogen and oxygen atoms in total. The van der Waals surface area contributed by atoms with Crippen LogP contribution in [-0.2, 0) is 22.7 Å². The van der Waals surface area contributed by atoms with Crippen molar-refractivity contribution in [1.82, 2.24) is 19.9 Å². The van der Waals surface area contributed by atoms with Gasteiger partial charge in [0.1, 0.15) is 11.5 Å². The molecule has 666 valence electrons. The Morgan fingerprint density at radius 2 is 0.585 bits per heavy atom. The van der Waals surface area contributed by atoms with Crippen molar-refractivity contribution in [3.05, 3.63) is 451 Å². The van der Waals surface area contributed by atoms with Crippen LogP contribution in [0.1, 0.15) is 48.5 Å². The quantitative estimate of drug-likeness (QED) is 0.141. The molecule has 22 aromatic carbocycles. The first kappa shape index (κ1) is 81.6. The van der Waals surface area contributed by atoms with E-state index in [-0.39, 0.29) is 11.6 Å². The van der Waals surface area contributed by atoms with Crippen molar-refractivity contribution in [3.8, 4) is 101 Å². The van der Waals surface area contributed by atoms with E-state index in [1.54, 1.807) is 18.2 Å². The van der Waals surface area contributed by atoms with Gasteiger partial charge in [-0.15, -0.1) is 0 Å². The zero-order chi connectivity index (χ0) is 94.1. The number of benzene rings is 22. The monoisotopic (exact) mass is 1840 g/mol. The standard InChI is InChI=1S/C26H14O4.C24H12O2.C22H12N2.C20H11N3.C18H12O2S.C17H12O/c1-2-6-16-10-20-19(9-15(16)5-1)27-23-13-25-26(14-24(23)28-20)30-22-12-18-8-4-3-7-17(18)11-21(22)29-25;25-23-17-7-3-1-5-13(17)15-9-11-20-22-16(10-12-19(23)21(15)22)14-6-2-4-8-18(14)24(20)26;1-2-6-15-12-19-18(11-14(15)5-1)23-21-16-9-3-7-13-8-4-10-17(20(13)16)22(21)24-19;1-3-11-4-2-6-14-18(11)13(5-1)19-20(14)23-17-10-15-12(7-8-21-15)9-16(17)22-19;19-21(20)17-9-5-4-8-15(17)16-11-10-14(12-18(16)21)13-6-2-1-3-7-13;1-2-6-13-11-17-15(9-12(13)5-1)10-14-7-3-4-8-16(14)18-17/h1-14H;1-12H;1-12H;1-6,8-10H,7H2;1-12H;1-9,11H,10H2. The fourth-order valence-electron chi connectivity index (χ4n) is 21.5. The highest BCUT2D eigenvalue weighted by molar-refractivity contribution is 7.92. The third kappa shape index (κ3) is 13.4. The van der Waals surface area contributed by atoms with Gasteiger partial charge in [0.25, 0.3) is 0 Å². The molecule has 4 aliphatic carbocycles. The summed E-state index contributed by atoms with van der Waals surface area (Å²) in [6.45, 7) is 0. The smallest absolute Gasteiger partial charge is 0.207 e. The van der Waals surface area contributed by atoms with Crippen molar-refractivity contribution >= 4 is 175 Å². The van der Waals surface area contributed by atoms with Gasteiger partial charge in [0.15, 0.2) is 56.2 Å². The molecule has 0 atom stereocenters. The summed E-state index contributed by atoms with van der Waals surface area (Å²) >= 11 is 0. The van der Waals surface area contributed by atoms with Crippen LogP contribution in [0.4, 0.5) is 5.69 Å². The van der Waals surface area contributed by atoms with Gasteiger partial charge in [0.05, 0.1) is 60.3 Å². The van der Waals surface area contributed by atoms with E-state index >= 15 is 0 Å². The Bertz CT molecular complexity index is 9750. The molecule has 0 amide bonds. The predicted molar refractivity (Wildman–Crippen MR) is 568 cm³/mol. The summed E-state index contributed by atoms with van der Waals surface area (Å²) in [5.41, 5.74) is 32.8. The number of sulfone groups is 1. The van der Waals surface area contributed by atoms with Gasteiger partial charge < -0.3 is 22.4 Å². The zero-order valence-corrected chi connectivity index (χ0v) is 76.4. The highest BCUT2D eigenvalue weighted by atomic mass is 32.2. The minimum Gasteiger partial charge on any atom is -0.457 e. The molecule has 0 unspecified atom stereocenters. The number of hydrogen-bond donors (Lipinski definition) is 0. The Kier molecular flexibility index (Phi) is 18.5. The van der Waals surface area contributed by atoms with Gasteiger partial charge in [-0.25, -0.2) is 28.4 Å². The van der Waals surface area contributed by atoms with E-state index in [9.17, 15) is 18.0 Å². The topological polar surface area (TPSA) is 194 Å². The number of rotatable bonds is 1. The molecule has 7 aliphatic rings. The Labute approximate surface area is 810 Å². The first-order chi connectivity index (χ1) is 69.9. The van der Waals surface area contributed by atoms with E-state index in [0.717, 1.165) is 163 Å². The van der Waals surface area contributed by atoms with Crippen molar-refractivity contribution in [2.45, 2.75) is 22.6 Å². The van der Waals surface area contributed by atoms with Crippen molar-refractivity contribution in [2.75, 3.05) is 0 Å². The minimum atomic E-state index is -3.40. The number of hydrogen-bond acceptors (Lipinski definition) is 14. The average molecular weight is 1850 g/mol. The Morgan fingerprint density at radius 3 is 1.07 bits per heavy atom. The van der Waals surface area contributed by atoms with E-state index in [1.807, 2.05) is 206 Å². The SMILES string of the molecule is C1=Nc2cc3nc4c(nc3cc2C1)-c1cccc2cccc-4c12.O=C1c2ccccc2-c2ccc3c4c(ccc1c24)-c1ccccc1C3=O.O=S1(=O)c2ccccc2-c2ccc(-c3ccccc3)cc21.c1ccc2c(c1)Cc1cc3ccccc3cc1O2.c1ccc2cc3nc4c(nc3cc2c1)-c1cccc2cccc-4c12.c1ccc2cc3oc4cc5oc6cc7ccccc7cc6oc5cc4oc3cc2c1. The number of fused-ring (bicyclic) bond motifs is 26. The van der Waals surface area contributed by atoms with Crippen LogP contribution in [0.5, 0.6) is 11.5 Å². The molecule has 3 aliphatic heterocycles. The molecule has 0 radical (unpaired) electrons. The molecular formula is C127H73N5O9S. The number of nitrogens with zero attached hydrogens (tertiary/aromatic N) is 5. The number of para-hydroxylation sites is 1. The molecule has 15 heteroatoms. The second kappa shape index (κ2) is 32.2. The lowest BCUT2D eigenvalue weighted by Crippen LogP contribution is -2.15. The molecular weight excluding hydrogens is 1770 g/mol. The number of ether oxygens (including phenoxy) is 1. The van der Waals surface area contributed by atoms with Crippen LogP contribution in [0.25, 0.3) is 232 Å². The molecule has 0 saturated carbocycles. The van der Waals surface area contributed by atoms with Crippen LogP contribution in [0, 0.1) is 0 Å². The third-order valence-corrected chi connectivity index (χ3v) is 30.1. The molecule has 142 heavy (non-hydrogen) atoms. The van der Waals surface area contributed by atoms with Crippen LogP contribution >= 0.6 is 0 Å². The molecule has 0 bridgehead atoms. The van der Waals surface area contributed by atoms with Crippen LogP contribution in [-0.4, -0.2) is 46.1 Å². The van der Waals surface area contributed by atoms with E-state index in [1.165, 1.54) is 82.0 Å². The van der Waals surface area contributed by atoms with Gasteiger partial charge in [-0.1, -0.05) is 309 Å². The Morgan fingerprint density at radius 1 is 0.225 bits per heavy atom. The predicted octanol–water partition coefficient (Wildman–Crippen LogP) is 32.3. The summed E-state index contributed by atoms with van der Waals surface area (Å²) in [5, 5.41) is 16.2. The van der Waals surface area contributed by atoms with Crippen LogP contribution < -0.4 is 4.74 Å². The van der Waals surface area contributed by atoms with E-state index < -0.39 is 9.84 Å². The highest BCUT2D eigenvalue weighted by Crippen LogP contribution is 2.52. The van der Waals surface area contributed by atoms with Crippen LogP contribution in [0.15, 0.2) is 445 Å². The maximum atomic E-state index is 13.1. The number of aliphatic imine (C=N–C) groups is 1. The summed E-state index contributed by atoms with van der Waals surface area (Å²) in [4.78, 5) is 51.2. The van der Waals surface area contributed by atoms with Crippen molar-refractivity contribution in [1.29, 1.82) is 0 Å². The lowest BCUT2D eigenvalue weighted by Gasteiger charge is -2.26. The largest absolute Gasteiger partial charge is 0.457 e. The minimum absolute atomic E-state index is 0.0307. The summed E-state index contributed by atoms with van der Waals surface area (Å²) in [6, 6.07) is 137. The molecule has 0 fully saturated rings. The average Bonchev–Trinajstić information content (AvgIpc) is 1.32. The molecule has 7 heterocycles. The van der Waals surface area contributed by atoms with Crippen LogP contribution in [0.2, 0.25) is 0 Å². The molecule has 33 rings (SSSR count). The van der Waals surface area contributed by atoms with Gasteiger partial charge in [-0.05, 0) is 195 Å². The second-order valence-corrected chi connectivity index (χ2v) is 38.4. The van der Waals surface area contributed by atoms with Gasteiger partial charge in [-0.3, -0.25) is 14.6 Å². The first-order valence-electron chi connectivity index (χ1n) is 47.2. The van der Waals surface area contributed by atoms with Crippen LogP contribution in [0.3, 0.4) is 0 Å². The van der Waals surface area contributed by atoms with Gasteiger partial charge in [0.2, 0.25) is 9.84 Å². The number of carbonyl (C=O) groups is 2. The molecule has 26 aromatic rings. The maximum Gasteiger partial charge on any atom is 0.207 e. The molecule has 0 N–H and O–H groups in total. The third-order valence-electron chi connectivity index (χ3n) is 28.2. The van der Waals surface area contributed by atoms with Gasteiger partial charge in [-0.2, -0.15) is 0 Å². The fraction of sp³-hybridized carbons (Fsp3) is 0.0157. The number of ketones is 2. The van der Waals surface area contributed by atoms with Crippen molar-refractivity contribution < 1.29 is 40.4 Å². The summed E-state index contributed by atoms with van der Waals surface area (Å²) in [5.74, 6) is 2.04. The summed E-state index contributed by atoms with van der Waals surface area (Å²) < 4.78 is 55.9. The van der Waals surface area contributed by atoms with Gasteiger partial charge in [0, 0.05) is 108 Å². The molecule has 4 aromatic heterocycles. The second-order valence-electron chi connectivity index (χ2n) is 36.5. The van der Waals surface area contributed by atoms with Crippen molar-refractivity contribution in [3.63, 3.8) is 0 Å². The van der Waals surface area contributed by atoms with Gasteiger partial charge >= 0.3 is 0 Å². The van der Waals surface area contributed by atoms with Crippen molar-refractivity contribution in [2.24, 2.45) is 4.99 Å². The van der Waals surface area contributed by atoms with E-state index in [4.69, 9.17) is 42.3 Å². The number of aromatic nitrogens is 4. The zero-order valence-electron chi connectivity index (χ0n) is 75.6. The number of carbonyl (C=O) groups excluding carboxylic acids is 2. The maximum absolute atomic E-state index is 13.1. The van der Waals surface area contributed by atoms with E-state index in [0.29, 0.717) is 65.6 Å². The Hall–Kier alpha value is -18.7.